The highest BCUT2D eigenvalue weighted by molar-refractivity contribution is 8.00. The molecule has 1 aromatic carbocycles. The predicted octanol–water partition coefficient (Wildman–Crippen LogP) is 2.16. The minimum absolute atomic E-state index is 0.0144. The molecule has 0 spiro atoms. The maximum Gasteiger partial charge on any atom is 0.280 e. The van der Waals surface area contributed by atoms with Gasteiger partial charge >= 0.3 is 0 Å². The molecule has 7 nitrogen and oxygen atoms in total. The fourth-order valence-electron chi connectivity index (χ4n) is 4.46. The highest BCUT2D eigenvalue weighted by atomic mass is 35.5. The zero-order valence-electron chi connectivity index (χ0n) is 17.6. The van der Waals surface area contributed by atoms with Crippen LogP contribution in [0.1, 0.15) is 24.5 Å². The van der Waals surface area contributed by atoms with Crippen molar-refractivity contribution in [3.63, 3.8) is 0 Å². The number of rotatable bonds is 5. The molecule has 2 N–H and O–H groups in total. The fourth-order valence-corrected chi connectivity index (χ4v) is 6.08. The Bertz CT molecular complexity index is 1090. The van der Waals surface area contributed by atoms with Gasteiger partial charge in [-0.3, -0.25) is 19.0 Å². The molecule has 0 saturated carbocycles. The highest BCUT2D eigenvalue weighted by Gasteiger charge is 2.49. The number of piperidine rings is 1. The van der Waals surface area contributed by atoms with Crippen LogP contribution in [0.5, 0.6) is 0 Å². The molecule has 1 aromatic heterocycles. The van der Waals surface area contributed by atoms with Crippen LogP contribution in [0, 0.1) is 5.92 Å². The lowest BCUT2D eigenvalue weighted by Crippen LogP contribution is -2.50. The molecular weight excluding hydrogens is 462 g/mol. The summed E-state index contributed by atoms with van der Waals surface area (Å²) in [7, 11) is -2.03. The van der Waals surface area contributed by atoms with Gasteiger partial charge in [0.1, 0.15) is 6.10 Å². The zero-order valence-corrected chi connectivity index (χ0v) is 19.2. The van der Waals surface area contributed by atoms with Crippen LogP contribution in [0.2, 0.25) is 5.02 Å². The largest absolute Gasteiger partial charge is 0.382 e. The molecule has 2 aliphatic rings. The third-order valence-corrected chi connectivity index (χ3v) is 8.58. The molecule has 1 amide bonds. The number of hydrogen-bond donors (Lipinski definition) is 2. The molecular formula is C21H27ClF2N4O3S. The minimum Gasteiger partial charge on any atom is -0.382 e. The van der Waals surface area contributed by atoms with Gasteiger partial charge in [-0.15, -0.1) is 0 Å². The number of aromatic nitrogens is 2. The first kappa shape index (κ1) is 23.4. The summed E-state index contributed by atoms with van der Waals surface area (Å²) in [5.74, 6) is 0.0963. The summed E-state index contributed by atoms with van der Waals surface area (Å²) in [5, 5.41) is 17.9. The maximum atomic E-state index is 15.3. The molecule has 0 radical (unpaired) electrons. The van der Waals surface area contributed by atoms with E-state index in [4.69, 9.17) is 11.6 Å². The molecule has 1 unspecified atom stereocenters. The van der Waals surface area contributed by atoms with Crippen LogP contribution in [-0.2, 0) is 14.3 Å². The Morgan fingerprint density at radius 3 is 2.62 bits per heavy atom. The monoisotopic (exact) mass is 488 g/mol. The summed E-state index contributed by atoms with van der Waals surface area (Å²) in [5.41, 5.74) is 0.350. The lowest BCUT2D eigenvalue weighted by atomic mass is 9.85. The van der Waals surface area contributed by atoms with Crippen molar-refractivity contribution >= 4 is 43.8 Å². The smallest absolute Gasteiger partial charge is 0.280 e. The van der Waals surface area contributed by atoms with E-state index in [9.17, 15) is 14.1 Å². The van der Waals surface area contributed by atoms with Gasteiger partial charge in [0.05, 0.1) is 18.3 Å². The van der Waals surface area contributed by atoms with Crippen LogP contribution in [0.3, 0.4) is 0 Å². The topological polar surface area (TPSA) is 89.5 Å². The Hall–Kier alpha value is -1.75. The number of carbonyl (C=O) groups excluding carboxylic acids is 1. The number of aromatic amines is 1. The number of H-pyrrole nitrogens is 1. The van der Waals surface area contributed by atoms with E-state index in [-0.39, 0.29) is 49.0 Å². The number of aliphatic hydroxyl groups is 1. The number of carbonyl (C=O) groups is 1. The van der Waals surface area contributed by atoms with Crippen molar-refractivity contribution in [3.05, 3.63) is 28.9 Å². The molecule has 2 aromatic rings. The maximum absolute atomic E-state index is 15.3. The first-order chi connectivity index (χ1) is 15.1. The van der Waals surface area contributed by atoms with Crippen LogP contribution in [0.25, 0.3) is 10.9 Å². The van der Waals surface area contributed by atoms with E-state index < -0.39 is 27.5 Å². The molecule has 3 heterocycles. The van der Waals surface area contributed by atoms with Gasteiger partial charge in [0.25, 0.3) is 5.92 Å². The summed E-state index contributed by atoms with van der Waals surface area (Å²) in [6, 6.07) is 2.93. The number of hydrogen-bond acceptors (Lipinski definition) is 5. The number of alkyl halides is 2. The van der Waals surface area contributed by atoms with Gasteiger partial charge < -0.3 is 10.0 Å². The number of nitrogens with one attached hydrogen (secondary N) is 1. The van der Waals surface area contributed by atoms with E-state index >= 15 is 8.78 Å². The summed E-state index contributed by atoms with van der Waals surface area (Å²) >= 11 is 6.04. The van der Waals surface area contributed by atoms with E-state index in [2.05, 4.69) is 16.1 Å². The number of aliphatic hydroxyl groups excluding tert-OH is 1. The number of fused-ring (bicyclic) bond motifs is 1. The van der Waals surface area contributed by atoms with Crippen molar-refractivity contribution in [2.75, 3.05) is 44.2 Å². The average molecular weight is 489 g/mol. The van der Waals surface area contributed by atoms with E-state index in [0.29, 0.717) is 35.5 Å². The Balaban J connectivity index is 1.37. The SMILES string of the molecule is C=S1(=O)CCN(CC(=O)N2CCC(C(F)(F)C(O)c3cc(Cl)cc4cn[nH]c34)CC2)CC1. The summed E-state index contributed by atoms with van der Waals surface area (Å²) in [6.07, 6.45) is -0.385. The molecule has 176 valence electrons. The van der Waals surface area contributed by atoms with Crippen LogP contribution >= 0.6 is 11.6 Å². The quantitative estimate of drug-likeness (QED) is 0.629. The number of amides is 1. The second kappa shape index (κ2) is 8.89. The van der Waals surface area contributed by atoms with Gasteiger partial charge in [-0.25, -0.2) is 8.78 Å². The van der Waals surface area contributed by atoms with Crippen molar-refractivity contribution in [1.29, 1.82) is 0 Å². The number of benzene rings is 1. The zero-order chi connectivity index (χ0) is 23.1. The fraction of sp³-hybridized carbons (Fsp3) is 0.571. The summed E-state index contributed by atoms with van der Waals surface area (Å²) in [4.78, 5) is 16.2. The van der Waals surface area contributed by atoms with Gasteiger partial charge in [-0.05, 0) is 40.4 Å². The minimum atomic E-state index is -3.39. The first-order valence-corrected chi connectivity index (χ1v) is 13.0. The van der Waals surface area contributed by atoms with Crippen molar-refractivity contribution in [1.82, 2.24) is 20.0 Å². The number of halogens is 3. The second-order valence-electron chi connectivity index (χ2n) is 8.71. The predicted molar refractivity (Wildman–Crippen MR) is 122 cm³/mol. The lowest BCUT2D eigenvalue weighted by molar-refractivity contribution is -0.164. The third kappa shape index (κ3) is 4.78. The van der Waals surface area contributed by atoms with E-state index in [1.165, 1.54) is 12.3 Å². The molecule has 2 aliphatic heterocycles. The number of likely N-dealkylation sites (tertiary alicyclic amines) is 1. The van der Waals surface area contributed by atoms with Crippen LogP contribution < -0.4 is 0 Å². The van der Waals surface area contributed by atoms with Gasteiger partial charge in [0, 0.05) is 59.6 Å². The second-order valence-corrected chi connectivity index (χ2v) is 11.9. The summed E-state index contributed by atoms with van der Waals surface area (Å²) in [6.45, 7) is 1.72. The van der Waals surface area contributed by atoms with Crippen molar-refractivity contribution < 1.29 is 22.9 Å². The van der Waals surface area contributed by atoms with Crippen LogP contribution in [0.15, 0.2) is 18.3 Å². The molecule has 1 atom stereocenters. The number of nitrogens with zero attached hydrogens (tertiary/aromatic N) is 3. The average Bonchev–Trinajstić information content (AvgIpc) is 3.22. The third-order valence-electron chi connectivity index (χ3n) is 6.51. The summed E-state index contributed by atoms with van der Waals surface area (Å²) < 4.78 is 42.5. The standard InChI is InChI=1S/C21H27ClF2N4O3S/c1-32(31)8-6-27(7-9-32)13-18(29)28-4-2-15(3-5-28)21(23,24)20(30)17-11-16(22)10-14-12-25-26-19(14)17/h10-12,15,20,30H,1-9,13H2,(H,25,26). The van der Waals surface area contributed by atoms with Crippen LogP contribution in [0.4, 0.5) is 8.78 Å². The molecule has 2 saturated heterocycles. The van der Waals surface area contributed by atoms with Gasteiger partial charge in [-0.1, -0.05) is 11.6 Å². The Morgan fingerprint density at radius 1 is 1.31 bits per heavy atom. The van der Waals surface area contributed by atoms with Gasteiger partial charge in [0.2, 0.25) is 5.91 Å². The molecule has 0 aliphatic carbocycles. The molecule has 11 heteroatoms. The Kier molecular flexibility index (Phi) is 6.50. The van der Waals surface area contributed by atoms with Gasteiger partial charge in [0.15, 0.2) is 0 Å². The van der Waals surface area contributed by atoms with E-state index in [1.54, 1.807) is 11.0 Å². The van der Waals surface area contributed by atoms with E-state index in [1.807, 2.05) is 4.90 Å². The molecule has 2 fully saturated rings. The first-order valence-electron chi connectivity index (χ1n) is 10.6. The van der Waals surface area contributed by atoms with Crippen molar-refractivity contribution in [2.24, 2.45) is 5.92 Å². The molecule has 0 bridgehead atoms. The Morgan fingerprint density at radius 2 is 1.97 bits per heavy atom. The normalized spacial score (nSPS) is 21.7. The van der Waals surface area contributed by atoms with Crippen molar-refractivity contribution in [3.8, 4) is 0 Å². The van der Waals surface area contributed by atoms with Gasteiger partial charge in [-0.2, -0.15) is 5.10 Å². The van der Waals surface area contributed by atoms with Crippen LogP contribution in [-0.4, -0.2) is 91.2 Å². The molecule has 4 rings (SSSR count). The van der Waals surface area contributed by atoms with Crippen molar-refractivity contribution in [2.45, 2.75) is 24.9 Å². The van der Waals surface area contributed by atoms with E-state index in [0.717, 1.165) is 0 Å². The lowest BCUT2D eigenvalue weighted by Gasteiger charge is -2.38. The Labute approximate surface area is 190 Å². The highest BCUT2D eigenvalue weighted by Crippen LogP contribution is 2.44. The molecule has 32 heavy (non-hydrogen) atoms.